The number of nitrogens with zero attached hydrogens (tertiary/aromatic N) is 6. The molecule has 32 heavy (non-hydrogen) atoms. The third-order valence-electron chi connectivity index (χ3n) is 5.20. The first-order valence-corrected chi connectivity index (χ1v) is 10.9. The van der Waals surface area contributed by atoms with E-state index in [9.17, 15) is 0 Å². The molecule has 1 aliphatic rings. The molecule has 0 amide bonds. The maximum absolute atomic E-state index is 6.29. The Kier molecular flexibility index (Phi) is 5.61. The van der Waals surface area contributed by atoms with Crippen LogP contribution in [0.1, 0.15) is 0 Å². The lowest BCUT2D eigenvalue weighted by atomic mass is 10.1. The number of thiazole rings is 1. The molecule has 4 aromatic heterocycles. The van der Waals surface area contributed by atoms with Gasteiger partial charge in [-0.05, 0) is 12.1 Å². The maximum Gasteiger partial charge on any atom is 0.316 e. The summed E-state index contributed by atoms with van der Waals surface area (Å²) in [6.45, 7) is 3.01. The van der Waals surface area contributed by atoms with Crippen molar-refractivity contribution in [1.29, 1.82) is 0 Å². The van der Waals surface area contributed by atoms with E-state index < -0.39 is 0 Å². The zero-order valence-electron chi connectivity index (χ0n) is 17.4. The minimum atomic E-state index is 0.329. The van der Waals surface area contributed by atoms with Crippen LogP contribution in [0.5, 0.6) is 6.01 Å². The van der Waals surface area contributed by atoms with Crippen LogP contribution in [0.2, 0.25) is 0 Å². The van der Waals surface area contributed by atoms with Gasteiger partial charge in [0.05, 0.1) is 36.5 Å². The van der Waals surface area contributed by atoms with E-state index in [2.05, 4.69) is 29.8 Å². The second-order valence-electron chi connectivity index (χ2n) is 7.14. The van der Waals surface area contributed by atoms with Gasteiger partial charge in [-0.15, -0.1) is 11.3 Å². The molecular weight excluding hydrogens is 426 g/mol. The standard InChI is InChI=1S/C22H21N7O2S/c1-30-22-27-11-16(12-28-22)14-8-15(10-24-9-14)18-13-26-21(32-18)19-17(2-3-25-20(19)23)29-4-6-31-7-5-29/h2-3,8-13H,4-7H2,1H3,(H2,23,25). The summed E-state index contributed by atoms with van der Waals surface area (Å²) in [4.78, 5) is 25.0. The summed E-state index contributed by atoms with van der Waals surface area (Å²) < 4.78 is 10.5. The normalized spacial score (nSPS) is 13.8. The lowest BCUT2D eigenvalue weighted by molar-refractivity contribution is 0.123. The number of pyridine rings is 2. The molecule has 5 heterocycles. The van der Waals surface area contributed by atoms with Crippen LogP contribution in [-0.4, -0.2) is 58.3 Å². The van der Waals surface area contributed by atoms with Crippen LogP contribution < -0.4 is 15.4 Å². The fourth-order valence-electron chi connectivity index (χ4n) is 3.58. The SMILES string of the molecule is COc1ncc(-c2cncc(-c3cnc(-c4c(N5CCOCC5)ccnc4N)s3)c2)cn1. The predicted molar refractivity (Wildman–Crippen MR) is 124 cm³/mol. The zero-order chi connectivity index (χ0) is 21.9. The van der Waals surface area contributed by atoms with E-state index in [1.165, 1.54) is 7.11 Å². The predicted octanol–water partition coefficient (Wildman–Crippen LogP) is 3.15. The van der Waals surface area contributed by atoms with Crippen molar-refractivity contribution in [1.82, 2.24) is 24.9 Å². The van der Waals surface area contributed by atoms with Crippen molar-refractivity contribution in [2.75, 3.05) is 44.0 Å². The van der Waals surface area contributed by atoms with Crippen molar-refractivity contribution in [2.45, 2.75) is 0 Å². The van der Waals surface area contributed by atoms with Crippen molar-refractivity contribution < 1.29 is 9.47 Å². The van der Waals surface area contributed by atoms with Crippen molar-refractivity contribution in [3.05, 3.63) is 49.3 Å². The van der Waals surface area contributed by atoms with Gasteiger partial charge in [-0.2, -0.15) is 0 Å². The highest BCUT2D eigenvalue weighted by molar-refractivity contribution is 7.18. The second-order valence-corrected chi connectivity index (χ2v) is 8.17. The van der Waals surface area contributed by atoms with E-state index in [1.807, 2.05) is 24.5 Å². The van der Waals surface area contributed by atoms with Crippen LogP contribution in [0.3, 0.4) is 0 Å². The summed E-state index contributed by atoms with van der Waals surface area (Å²) in [5.41, 5.74) is 10.9. The second kappa shape index (κ2) is 8.85. The zero-order valence-corrected chi connectivity index (χ0v) is 18.2. The highest BCUT2D eigenvalue weighted by Crippen LogP contribution is 2.40. The number of aromatic nitrogens is 5. The van der Waals surface area contributed by atoms with Gasteiger partial charge in [-0.25, -0.2) is 19.9 Å². The van der Waals surface area contributed by atoms with Crippen molar-refractivity contribution >= 4 is 22.8 Å². The third kappa shape index (κ3) is 3.97. The lowest BCUT2D eigenvalue weighted by Gasteiger charge is -2.30. The lowest BCUT2D eigenvalue weighted by Crippen LogP contribution is -2.36. The Balaban J connectivity index is 1.48. The molecule has 2 N–H and O–H groups in total. The first-order valence-electron chi connectivity index (χ1n) is 10.1. The molecule has 0 spiro atoms. The average Bonchev–Trinajstić information content (AvgIpc) is 3.34. The van der Waals surface area contributed by atoms with E-state index in [0.717, 1.165) is 50.9 Å². The number of morpholine rings is 1. The summed E-state index contributed by atoms with van der Waals surface area (Å²) in [6.07, 6.45) is 10.6. The number of nitrogen functional groups attached to an aromatic ring is 1. The number of nitrogens with two attached hydrogens (primary N) is 1. The van der Waals surface area contributed by atoms with Crippen LogP contribution in [0.4, 0.5) is 11.5 Å². The molecule has 0 aliphatic carbocycles. The first-order chi connectivity index (χ1) is 15.7. The fraction of sp³-hybridized carbons (Fsp3) is 0.227. The Morgan fingerprint density at radius 3 is 2.53 bits per heavy atom. The average molecular weight is 448 g/mol. The quantitative estimate of drug-likeness (QED) is 0.493. The molecule has 4 aromatic rings. The molecule has 0 unspecified atom stereocenters. The number of anilines is 2. The molecule has 10 heteroatoms. The topological polar surface area (TPSA) is 112 Å². The van der Waals surface area contributed by atoms with Gasteiger partial charge in [0.15, 0.2) is 0 Å². The summed E-state index contributed by atoms with van der Waals surface area (Å²) in [5, 5.41) is 0.824. The van der Waals surface area contributed by atoms with Crippen LogP contribution in [0.25, 0.3) is 32.1 Å². The summed E-state index contributed by atoms with van der Waals surface area (Å²) in [6, 6.07) is 4.37. The number of hydrogen-bond acceptors (Lipinski definition) is 10. The van der Waals surface area contributed by atoms with Gasteiger partial charge < -0.3 is 20.1 Å². The van der Waals surface area contributed by atoms with Crippen LogP contribution in [0.15, 0.2) is 49.3 Å². The van der Waals surface area contributed by atoms with E-state index in [-0.39, 0.29) is 0 Å². The number of rotatable bonds is 5. The van der Waals surface area contributed by atoms with Crippen molar-refractivity contribution in [2.24, 2.45) is 0 Å². The monoisotopic (exact) mass is 447 g/mol. The van der Waals surface area contributed by atoms with Gasteiger partial charge in [0.25, 0.3) is 0 Å². The van der Waals surface area contributed by atoms with Crippen molar-refractivity contribution in [3.63, 3.8) is 0 Å². The maximum atomic E-state index is 6.29. The smallest absolute Gasteiger partial charge is 0.316 e. The van der Waals surface area contributed by atoms with Gasteiger partial charge in [0.2, 0.25) is 0 Å². The van der Waals surface area contributed by atoms with Crippen LogP contribution >= 0.6 is 11.3 Å². The van der Waals surface area contributed by atoms with E-state index in [0.29, 0.717) is 25.0 Å². The Hall–Kier alpha value is -3.63. The highest BCUT2D eigenvalue weighted by Gasteiger charge is 2.21. The van der Waals surface area contributed by atoms with Crippen molar-refractivity contribution in [3.8, 4) is 38.1 Å². The molecule has 0 saturated carbocycles. The molecule has 162 valence electrons. The minimum Gasteiger partial charge on any atom is -0.467 e. The van der Waals surface area contributed by atoms with Crippen LogP contribution in [0, 0.1) is 0 Å². The van der Waals surface area contributed by atoms with E-state index in [4.69, 9.17) is 15.2 Å². The number of hydrogen-bond donors (Lipinski definition) is 1. The third-order valence-corrected chi connectivity index (χ3v) is 6.26. The number of ether oxygens (including phenoxy) is 2. The molecule has 0 atom stereocenters. The molecule has 0 radical (unpaired) electrons. The fourth-order valence-corrected chi connectivity index (χ4v) is 4.54. The Bertz CT molecular complexity index is 1220. The molecule has 1 saturated heterocycles. The molecule has 5 rings (SSSR count). The summed E-state index contributed by atoms with van der Waals surface area (Å²) >= 11 is 1.56. The molecule has 1 aliphatic heterocycles. The highest BCUT2D eigenvalue weighted by atomic mass is 32.1. The molecule has 0 bridgehead atoms. The van der Waals surface area contributed by atoms with E-state index in [1.54, 1.807) is 36.1 Å². The first kappa shape index (κ1) is 20.3. The summed E-state index contributed by atoms with van der Waals surface area (Å²) in [5.74, 6) is 0.470. The molecule has 0 aromatic carbocycles. The molecule has 1 fully saturated rings. The molecular formula is C22H21N7O2S. The van der Waals surface area contributed by atoms with Gasteiger partial charge in [0, 0.05) is 67.0 Å². The Morgan fingerprint density at radius 1 is 0.969 bits per heavy atom. The van der Waals surface area contributed by atoms with Crippen LogP contribution in [-0.2, 0) is 4.74 Å². The van der Waals surface area contributed by atoms with Gasteiger partial charge in [-0.1, -0.05) is 0 Å². The van der Waals surface area contributed by atoms with E-state index >= 15 is 0 Å². The molecule has 9 nitrogen and oxygen atoms in total. The Labute approximate surface area is 188 Å². The van der Waals surface area contributed by atoms with Gasteiger partial charge in [-0.3, -0.25) is 4.98 Å². The summed E-state index contributed by atoms with van der Waals surface area (Å²) in [7, 11) is 1.54. The minimum absolute atomic E-state index is 0.329. The van der Waals surface area contributed by atoms with Gasteiger partial charge >= 0.3 is 6.01 Å². The number of methoxy groups -OCH3 is 1. The Morgan fingerprint density at radius 2 is 1.75 bits per heavy atom. The van der Waals surface area contributed by atoms with Gasteiger partial charge in [0.1, 0.15) is 10.8 Å². The largest absolute Gasteiger partial charge is 0.467 e.